The Balaban J connectivity index is 2.59. The van der Waals surface area contributed by atoms with Crippen molar-refractivity contribution in [2.45, 2.75) is 6.92 Å². The molecule has 0 amide bonds. The first-order chi connectivity index (χ1) is 9.13. The van der Waals surface area contributed by atoms with E-state index in [2.05, 4.69) is 4.98 Å². The van der Waals surface area contributed by atoms with Crippen LogP contribution in [0.3, 0.4) is 0 Å². The molecule has 2 N–H and O–H groups in total. The average Bonchev–Trinajstić information content (AvgIpc) is 2.40. The topological polar surface area (TPSA) is 62.7 Å². The number of aryl methyl sites for hydroxylation is 1. The lowest BCUT2D eigenvalue weighted by Crippen LogP contribution is -2.03. The molecule has 0 aliphatic heterocycles. The third kappa shape index (κ3) is 2.61. The minimum atomic E-state index is -0.431. The van der Waals surface area contributed by atoms with Crippen molar-refractivity contribution in [3.8, 4) is 6.07 Å². The van der Waals surface area contributed by atoms with E-state index in [1.165, 1.54) is 6.07 Å². The lowest BCUT2D eigenvalue weighted by atomic mass is 10.0. The van der Waals surface area contributed by atoms with E-state index < -0.39 is 5.82 Å². The molecule has 0 saturated heterocycles. The number of pyridine rings is 1. The van der Waals surface area contributed by atoms with Gasteiger partial charge in [-0.1, -0.05) is 6.07 Å². The third-order valence-corrected chi connectivity index (χ3v) is 2.76. The van der Waals surface area contributed by atoms with Crippen molar-refractivity contribution in [3.05, 3.63) is 65.2 Å². The molecule has 0 fully saturated rings. The molecule has 1 heterocycles. The summed E-state index contributed by atoms with van der Waals surface area (Å²) in [6.07, 6.45) is 3.12. The molecule has 94 valence electrons. The number of hydrogen-bond donors (Lipinski definition) is 1. The lowest BCUT2D eigenvalue weighted by molar-refractivity contribution is 0.622. The van der Waals surface area contributed by atoms with Crippen molar-refractivity contribution in [3.63, 3.8) is 0 Å². The molecule has 2 aromatic rings. The first-order valence-electron chi connectivity index (χ1n) is 5.70. The molecule has 19 heavy (non-hydrogen) atoms. The van der Waals surface area contributed by atoms with Crippen LogP contribution in [0.25, 0.3) is 11.3 Å². The van der Waals surface area contributed by atoms with E-state index in [0.717, 1.165) is 5.56 Å². The largest absolute Gasteiger partial charge is 0.397 e. The van der Waals surface area contributed by atoms with Crippen LogP contribution in [0.4, 0.5) is 4.39 Å². The Hall–Kier alpha value is -2.67. The Kier molecular flexibility index (Phi) is 3.58. The molecule has 1 aromatic carbocycles. The second-order valence-electron chi connectivity index (χ2n) is 4.12. The van der Waals surface area contributed by atoms with E-state index in [1.54, 1.807) is 43.6 Å². The van der Waals surface area contributed by atoms with Crippen LogP contribution < -0.4 is 5.73 Å². The first kappa shape index (κ1) is 12.8. The summed E-state index contributed by atoms with van der Waals surface area (Å²) in [5.41, 5.74) is 7.96. The van der Waals surface area contributed by atoms with Crippen LogP contribution in [0.2, 0.25) is 0 Å². The molecule has 4 heteroatoms. The molecule has 0 unspecified atom stereocenters. The number of halogens is 1. The number of nitrogens with zero attached hydrogens (tertiary/aromatic N) is 2. The van der Waals surface area contributed by atoms with Gasteiger partial charge < -0.3 is 5.73 Å². The second-order valence-corrected chi connectivity index (χ2v) is 4.12. The number of nitrogens with two attached hydrogens (primary N) is 1. The van der Waals surface area contributed by atoms with Crippen molar-refractivity contribution in [2.75, 3.05) is 0 Å². The Morgan fingerprint density at radius 2 is 1.95 bits per heavy atom. The van der Waals surface area contributed by atoms with Crippen molar-refractivity contribution in [2.24, 2.45) is 5.73 Å². The molecular formula is C15H12FN3. The summed E-state index contributed by atoms with van der Waals surface area (Å²) in [5, 5.41) is 9.23. The predicted octanol–water partition coefficient (Wildman–Crippen LogP) is 2.88. The molecule has 2 rings (SSSR count). The Bertz CT molecular complexity index is 670. The monoisotopic (exact) mass is 253 g/mol. The third-order valence-electron chi connectivity index (χ3n) is 2.76. The quantitative estimate of drug-likeness (QED) is 0.837. The molecule has 0 aliphatic carbocycles. The van der Waals surface area contributed by atoms with Gasteiger partial charge >= 0.3 is 0 Å². The van der Waals surface area contributed by atoms with E-state index in [-0.39, 0.29) is 16.8 Å². The molecule has 0 spiro atoms. The Morgan fingerprint density at radius 3 is 2.53 bits per heavy atom. The van der Waals surface area contributed by atoms with Gasteiger partial charge in [0.05, 0.1) is 11.3 Å². The summed E-state index contributed by atoms with van der Waals surface area (Å²) >= 11 is 0. The zero-order valence-electron chi connectivity index (χ0n) is 10.4. The van der Waals surface area contributed by atoms with Crippen molar-refractivity contribution >= 4 is 11.3 Å². The number of nitriles is 1. The summed E-state index contributed by atoms with van der Waals surface area (Å²) < 4.78 is 13.9. The first-order valence-corrected chi connectivity index (χ1v) is 5.70. The van der Waals surface area contributed by atoms with Gasteiger partial charge in [0.1, 0.15) is 11.9 Å². The van der Waals surface area contributed by atoms with Crippen molar-refractivity contribution in [1.29, 1.82) is 5.26 Å². The van der Waals surface area contributed by atoms with Gasteiger partial charge in [-0.25, -0.2) is 4.39 Å². The van der Waals surface area contributed by atoms with E-state index >= 15 is 0 Å². The maximum Gasteiger partial charge on any atom is 0.132 e. The van der Waals surface area contributed by atoms with Gasteiger partial charge in [-0.05, 0) is 42.3 Å². The Morgan fingerprint density at radius 1 is 1.26 bits per heavy atom. The highest BCUT2D eigenvalue weighted by Crippen LogP contribution is 2.24. The fourth-order valence-corrected chi connectivity index (χ4v) is 1.77. The fraction of sp³-hybridized carbons (Fsp3) is 0.0667. The van der Waals surface area contributed by atoms with Gasteiger partial charge in [0, 0.05) is 18.0 Å². The van der Waals surface area contributed by atoms with Crippen LogP contribution in [0.1, 0.15) is 16.7 Å². The molecule has 0 saturated carbocycles. The van der Waals surface area contributed by atoms with Gasteiger partial charge in [-0.3, -0.25) is 4.98 Å². The molecular weight excluding hydrogens is 241 g/mol. The number of allylic oxidation sites excluding steroid dienone is 1. The van der Waals surface area contributed by atoms with E-state index in [0.29, 0.717) is 5.56 Å². The van der Waals surface area contributed by atoms with Gasteiger partial charge in [0.25, 0.3) is 0 Å². The number of aromatic nitrogens is 1. The van der Waals surface area contributed by atoms with Crippen LogP contribution in [-0.2, 0) is 0 Å². The van der Waals surface area contributed by atoms with E-state index in [9.17, 15) is 9.65 Å². The average molecular weight is 253 g/mol. The minimum absolute atomic E-state index is 0.131. The molecule has 1 aromatic heterocycles. The zero-order valence-corrected chi connectivity index (χ0v) is 10.4. The normalized spacial score (nSPS) is 11.6. The molecule has 3 nitrogen and oxygen atoms in total. The predicted molar refractivity (Wildman–Crippen MR) is 72.0 cm³/mol. The van der Waals surface area contributed by atoms with Crippen LogP contribution in [-0.4, -0.2) is 4.98 Å². The molecule has 0 radical (unpaired) electrons. The minimum Gasteiger partial charge on any atom is -0.397 e. The summed E-state index contributed by atoms with van der Waals surface area (Å²) in [6, 6.07) is 10.1. The number of hydrogen-bond acceptors (Lipinski definition) is 3. The summed E-state index contributed by atoms with van der Waals surface area (Å²) in [4.78, 5) is 3.88. The summed E-state index contributed by atoms with van der Waals surface area (Å²) in [5.74, 6) is -0.431. The highest BCUT2D eigenvalue weighted by molar-refractivity contribution is 5.96. The van der Waals surface area contributed by atoms with Crippen LogP contribution in [0, 0.1) is 24.1 Å². The van der Waals surface area contributed by atoms with E-state index in [4.69, 9.17) is 5.73 Å². The molecule has 0 atom stereocenters. The second kappa shape index (κ2) is 5.32. The summed E-state index contributed by atoms with van der Waals surface area (Å²) in [7, 11) is 0. The number of rotatable bonds is 2. The smallest absolute Gasteiger partial charge is 0.132 e. The standard InChI is InChI=1S/C15H12FN3/c1-10-2-3-12(14(16)8-10)15(18)13(9-17)11-4-6-19-7-5-11/h2-8H,18H2,1H3/b15-13+. The number of benzene rings is 1. The molecule has 0 bridgehead atoms. The zero-order chi connectivity index (χ0) is 13.8. The van der Waals surface area contributed by atoms with Gasteiger partial charge in [-0.15, -0.1) is 0 Å². The fourth-order valence-electron chi connectivity index (χ4n) is 1.77. The van der Waals surface area contributed by atoms with Gasteiger partial charge in [-0.2, -0.15) is 5.26 Å². The van der Waals surface area contributed by atoms with Crippen LogP contribution in [0.5, 0.6) is 0 Å². The van der Waals surface area contributed by atoms with Crippen molar-refractivity contribution < 1.29 is 4.39 Å². The lowest BCUT2D eigenvalue weighted by Gasteiger charge is -2.08. The van der Waals surface area contributed by atoms with Gasteiger partial charge in [0.2, 0.25) is 0 Å². The SMILES string of the molecule is Cc1ccc(/C(N)=C(/C#N)c2ccncc2)c(F)c1. The maximum atomic E-state index is 13.9. The van der Waals surface area contributed by atoms with E-state index in [1.807, 2.05) is 6.07 Å². The highest BCUT2D eigenvalue weighted by Gasteiger charge is 2.12. The molecule has 0 aliphatic rings. The van der Waals surface area contributed by atoms with Crippen LogP contribution in [0.15, 0.2) is 42.7 Å². The van der Waals surface area contributed by atoms with Crippen LogP contribution >= 0.6 is 0 Å². The van der Waals surface area contributed by atoms with Gasteiger partial charge in [0.15, 0.2) is 0 Å². The highest BCUT2D eigenvalue weighted by atomic mass is 19.1. The Labute approximate surface area is 110 Å². The summed E-state index contributed by atoms with van der Waals surface area (Å²) in [6.45, 7) is 1.79. The van der Waals surface area contributed by atoms with Crippen molar-refractivity contribution in [1.82, 2.24) is 4.98 Å². The maximum absolute atomic E-state index is 13.9.